The molecule has 1 saturated heterocycles. The Morgan fingerprint density at radius 1 is 1.26 bits per heavy atom. The van der Waals surface area contributed by atoms with Crippen LogP contribution < -0.4 is 5.32 Å². The Morgan fingerprint density at radius 2 is 2.21 bits per heavy atom. The van der Waals surface area contributed by atoms with E-state index in [4.69, 9.17) is 0 Å². The lowest BCUT2D eigenvalue weighted by Gasteiger charge is -2.28. The van der Waals surface area contributed by atoms with Crippen LogP contribution in [-0.2, 0) is 6.42 Å². The summed E-state index contributed by atoms with van der Waals surface area (Å²) in [5.41, 5.74) is 1.60. The zero-order valence-corrected chi connectivity index (χ0v) is 12.8. The lowest BCUT2D eigenvalue weighted by molar-refractivity contribution is 0.293. The molecule has 1 N–H and O–H groups in total. The van der Waals surface area contributed by atoms with Gasteiger partial charge in [-0.2, -0.15) is 0 Å². The molecule has 1 aliphatic heterocycles. The predicted molar refractivity (Wildman–Crippen MR) is 82.9 cm³/mol. The molecule has 0 bridgehead atoms. The molecular weight excluding hydrogens is 252 g/mol. The molecule has 1 aromatic rings. The van der Waals surface area contributed by atoms with Gasteiger partial charge >= 0.3 is 0 Å². The number of nitrogens with zero attached hydrogens (tertiary/aromatic N) is 1. The summed E-state index contributed by atoms with van der Waals surface area (Å²) < 4.78 is 0. The van der Waals surface area contributed by atoms with E-state index in [0.29, 0.717) is 6.04 Å². The van der Waals surface area contributed by atoms with Crippen molar-refractivity contribution < 1.29 is 0 Å². The van der Waals surface area contributed by atoms with E-state index in [1.54, 1.807) is 10.4 Å². The van der Waals surface area contributed by atoms with Crippen LogP contribution >= 0.6 is 11.3 Å². The van der Waals surface area contributed by atoms with E-state index in [9.17, 15) is 0 Å². The Morgan fingerprint density at radius 3 is 3.11 bits per heavy atom. The Labute approximate surface area is 121 Å². The summed E-state index contributed by atoms with van der Waals surface area (Å²) >= 11 is 1.95. The highest BCUT2D eigenvalue weighted by Crippen LogP contribution is 2.34. The van der Waals surface area contributed by atoms with Gasteiger partial charge in [-0.1, -0.05) is 6.92 Å². The van der Waals surface area contributed by atoms with Gasteiger partial charge in [0.1, 0.15) is 0 Å². The van der Waals surface area contributed by atoms with Crippen molar-refractivity contribution in [1.29, 1.82) is 0 Å². The molecule has 3 rings (SSSR count). The van der Waals surface area contributed by atoms with Gasteiger partial charge in [0.2, 0.25) is 0 Å². The molecule has 2 heterocycles. The second-order valence-corrected chi connectivity index (χ2v) is 6.97. The zero-order valence-electron chi connectivity index (χ0n) is 12.0. The van der Waals surface area contributed by atoms with Gasteiger partial charge in [0.15, 0.2) is 0 Å². The Kier molecular flexibility index (Phi) is 4.57. The quantitative estimate of drug-likeness (QED) is 0.909. The first-order valence-corrected chi connectivity index (χ1v) is 8.79. The van der Waals surface area contributed by atoms with Crippen LogP contribution in [0, 0.1) is 0 Å². The van der Waals surface area contributed by atoms with Crippen molar-refractivity contribution in [1.82, 2.24) is 10.2 Å². The van der Waals surface area contributed by atoms with Gasteiger partial charge in [-0.15, -0.1) is 11.3 Å². The summed E-state index contributed by atoms with van der Waals surface area (Å²) in [6.07, 6.45) is 8.03. The lowest BCUT2D eigenvalue weighted by Crippen LogP contribution is -2.35. The van der Waals surface area contributed by atoms with E-state index >= 15 is 0 Å². The fourth-order valence-corrected chi connectivity index (χ4v) is 4.57. The fourth-order valence-electron chi connectivity index (χ4n) is 3.58. The Balaban J connectivity index is 1.60. The number of aryl methyl sites for hydroxylation is 1. The summed E-state index contributed by atoms with van der Waals surface area (Å²) in [6.45, 7) is 6.07. The topological polar surface area (TPSA) is 15.3 Å². The molecule has 2 unspecified atom stereocenters. The maximum atomic E-state index is 3.96. The molecular formula is C16H26N2S. The SMILES string of the molecule is CCN1CCCC(NC2CCCc3sccc32)CC1. The summed E-state index contributed by atoms with van der Waals surface area (Å²) in [5.74, 6) is 0. The van der Waals surface area contributed by atoms with E-state index < -0.39 is 0 Å². The lowest BCUT2D eigenvalue weighted by atomic mass is 9.92. The second kappa shape index (κ2) is 6.38. The van der Waals surface area contributed by atoms with Crippen molar-refractivity contribution in [3.63, 3.8) is 0 Å². The summed E-state index contributed by atoms with van der Waals surface area (Å²) in [4.78, 5) is 4.23. The minimum atomic E-state index is 0.633. The molecule has 2 atom stereocenters. The van der Waals surface area contributed by atoms with Crippen LogP contribution in [0.15, 0.2) is 11.4 Å². The first kappa shape index (κ1) is 13.6. The van der Waals surface area contributed by atoms with Gasteiger partial charge in [0, 0.05) is 17.0 Å². The van der Waals surface area contributed by atoms with Gasteiger partial charge < -0.3 is 10.2 Å². The standard InChI is InChI=1S/C16H26N2S/c1-2-18-10-4-5-13(8-11-18)17-15-6-3-7-16-14(15)9-12-19-16/h9,12-13,15,17H,2-8,10-11H2,1H3. The van der Waals surface area contributed by atoms with Gasteiger partial charge in [-0.05, 0) is 75.2 Å². The smallest absolute Gasteiger partial charge is 0.0333 e. The number of fused-ring (bicyclic) bond motifs is 1. The fraction of sp³-hybridized carbons (Fsp3) is 0.750. The van der Waals surface area contributed by atoms with Crippen LogP contribution in [0.4, 0.5) is 0 Å². The summed E-state index contributed by atoms with van der Waals surface area (Å²) in [7, 11) is 0. The summed E-state index contributed by atoms with van der Waals surface area (Å²) in [5, 5.41) is 6.24. The zero-order chi connectivity index (χ0) is 13.1. The van der Waals surface area contributed by atoms with Gasteiger partial charge in [0.05, 0.1) is 0 Å². The minimum absolute atomic E-state index is 0.633. The molecule has 1 aliphatic carbocycles. The first-order chi connectivity index (χ1) is 9.36. The molecule has 2 aliphatic rings. The molecule has 106 valence electrons. The predicted octanol–water partition coefficient (Wildman–Crippen LogP) is 3.59. The van der Waals surface area contributed by atoms with E-state index in [1.807, 2.05) is 11.3 Å². The third-order valence-electron chi connectivity index (χ3n) is 4.76. The Bertz CT molecular complexity index is 401. The highest BCUT2D eigenvalue weighted by Gasteiger charge is 2.24. The largest absolute Gasteiger partial charge is 0.307 e. The molecule has 0 radical (unpaired) electrons. The van der Waals surface area contributed by atoms with E-state index in [1.165, 1.54) is 58.2 Å². The van der Waals surface area contributed by atoms with Crippen molar-refractivity contribution in [3.05, 3.63) is 21.9 Å². The molecule has 19 heavy (non-hydrogen) atoms. The van der Waals surface area contributed by atoms with Crippen LogP contribution in [0.25, 0.3) is 0 Å². The summed E-state index contributed by atoms with van der Waals surface area (Å²) in [6, 6.07) is 3.71. The monoisotopic (exact) mass is 278 g/mol. The molecule has 3 heteroatoms. The van der Waals surface area contributed by atoms with Gasteiger partial charge in [-0.25, -0.2) is 0 Å². The number of thiophene rings is 1. The van der Waals surface area contributed by atoms with Crippen LogP contribution in [0.2, 0.25) is 0 Å². The third kappa shape index (κ3) is 3.21. The number of rotatable bonds is 3. The van der Waals surface area contributed by atoms with Crippen LogP contribution in [-0.4, -0.2) is 30.6 Å². The number of hydrogen-bond donors (Lipinski definition) is 1. The molecule has 0 amide bonds. The highest BCUT2D eigenvalue weighted by atomic mass is 32.1. The van der Waals surface area contributed by atoms with E-state index in [0.717, 1.165) is 6.04 Å². The van der Waals surface area contributed by atoms with Crippen LogP contribution in [0.1, 0.15) is 55.5 Å². The molecule has 0 aromatic carbocycles. The van der Waals surface area contributed by atoms with Crippen LogP contribution in [0.3, 0.4) is 0 Å². The maximum Gasteiger partial charge on any atom is 0.0333 e. The molecule has 1 aromatic heterocycles. The van der Waals surface area contributed by atoms with Gasteiger partial charge in [0.25, 0.3) is 0 Å². The number of hydrogen-bond acceptors (Lipinski definition) is 3. The number of nitrogens with one attached hydrogen (secondary N) is 1. The van der Waals surface area contributed by atoms with Gasteiger partial charge in [-0.3, -0.25) is 0 Å². The van der Waals surface area contributed by atoms with E-state index in [-0.39, 0.29) is 0 Å². The molecule has 0 saturated carbocycles. The normalized spacial score (nSPS) is 28.9. The number of likely N-dealkylation sites (tertiary alicyclic amines) is 1. The van der Waals surface area contributed by atoms with Crippen LogP contribution in [0.5, 0.6) is 0 Å². The highest BCUT2D eigenvalue weighted by molar-refractivity contribution is 7.10. The second-order valence-electron chi connectivity index (χ2n) is 5.97. The molecule has 2 nitrogen and oxygen atoms in total. The minimum Gasteiger partial charge on any atom is -0.307 e. The average Bonchev–Trinajstić information content (AvgIpc) is 2.80. The molecule has 1 fully saturated rings. The Hall–Kier alpha value is -0.380. The maximum absolute atomic E-state index is 3.96. The van der Waals surface area contributed by atoms with Crippen molar-refractivity contribution in [2.24, 2.45) is 0 Å². The van der Waals surface area contributed by atoms with Crippen molar-refractivity contribution in [3.8, 4) is 0 Å². The molecule has 0 spiro atoms. The average molecular weight is 278 g/mol. The van der Waals surface area contributed by atoms with Crippen molar-refractivity contribution >= 4 is 11.3 Å². The van der Waals surface area contributed by atoms with Crippen molar-refractivity contribution in [2.75, 3.05) is 19.6 Å². The first-order valence-electron chi connectivity index (χ1n) is 7.91. The van der Waals surface area contributed by atoms with Crippen molar-refractivity contribution in [2.45, 2.75) is 57.5 Å². The third-order valence-corrected chi connectivity index (χ3v) is 5.75. The van der Waals surface area contributed by atoms with E-state index in [2.05, 4.69) is 28.6 Å².